The molecule has 0 radical (unpaired) electrons. The van der Waals surface area contributed by atoms with Crippen LogP contribution in [0.5, 0.6) is 5.75 Å². The molecule has 1 unspecified atom stereocenters. The topological polar surface area (TPSA) is 52.4 Å². The largest absolute Gasteiger partial charge is 0.487 e. The summed E-state index contributed by atoms with van der Waals surface area (Å²) in [6.07, 6.45) is 1.98. The summed E-state index contributed by atoms with van der Waals surface area (Å²) in [5.41, 5.74) is 0.0284. The number of nitro groups is 1. The third-order valence-electron chi connectivity index (χ3n) is 2.53. The SMILES string of the molecule is CC(CCBr)CCOc1ccccc1[N+](=O)[O-]. The van der Waals surface area contributed by atoms with E-state index in [2.05, 4.69) is 22.9 Å². The summed E-state index contributed by atoms with van der Waals surface area (Å²) < 4.78 is 5.46. The van der Waals surface area contributed by atoms with Crippen molar-refractivity contribution in [3.05, 3.63) is 34.4 Å². The lowest BCUT2D eigenvalue weighted by molar-refractivity contribution is -0.385. The zero-order valence-corrected chi connectivity index (χ0v) is 11.4. The fraction of sp³-hybridized carbons (Fsp3) is 0.500. The molecular formula is C12H16BrNO3. The van der Waals surface area contributed by atoms with E-state index in [1.807, 2.05) is 0 Å². The summed E-state index contributed by atoms with van der Waals surface area (Å²) in [5, 5.41) is 11.7. The van der Waals surface area contributed by atoms with Crippen LogP contribution in [0, 0.1) is 16.0 Å². The molecule has 1 atom stereocenters. The minimum absolute atomic E-state index is 0.0284. The highest BCUT2D eigenvalue weighted by Gasteiger charge is 2.13. The van der Waals surface area contributed by atoms with E-state index >= 15 is 0 Å². The Morgan fingerprint density at radius 2 is 2.12 bits per heavy atom. The summed E-state index contributed by atoms with van der Waals surface area (Å²) in [7, 11) is 0. The smallest absolute Gasteiger partial charge is 0.310 e. The van der Waals surface area contributed by atoms with Gasteiger partial charge in [0.05, 0.1) is 11.5 Å². The fourth-order valence-corrected chi connectivity index (χ4v) is 2.21. The first-order valence-electron chi connectivity index (χ1n) is 5.57. The molecule has 0 aliphatic rings. The quantitative estimate of drug-likeness (QED) is 0.437. The molecule has 0 aromatic heterocycles. The number of alkyl halides is 1. The highest BCUT2D eigenvalue weighted by atomic mass is 79.9. The van der Waals surface area contributed by atoms with Crippen LogP contribution in [-0.2, 0) is 0 Å². The van der Waals surface area contributed by atoms with Crippen LogP contribution in [0.1, 0.15) is 19.8 Å². The highest BCUT2D eigenvalue weighted by Crippen LogP contribution is 2.26. The second-order valence-electron chi connectivity index (χ2n) is 3.94. The number of hydrogen-bond acceptors (Lipinski definition) is 3. The Balaban J connectivity index is 2.49. The molecule has 0 fully saturated rings. The molecule has 0 heterocycles. The van der Waals surface area contributed by atoms with Gasteiger partial charge < -0.3 is 4.74 Å². The van der Waals surface area contributed by atoms with Crippen molar-refractivity contribution in [2.45, 2.75) is 19.8 Å². The Labute approximate surface area is 109 Å². The van der Waals surface area contributed by atoms with Gasteiger partial charge in [0.25, 0.3) is 0 Å². The third-order valence-corrected chi connectivity index (χ3v) is 2.99. The van der Waals surface area contributed by atoms with Crippen molar-refractivity contribution in [2.75, 3.05) is 11.9 Å². The second kappa shape index (κ2) is 7.27. The Morgan fingerprint density at radius 1 is 1.41 bits per heavy atom. The zero-order chi connectivity index (χ0) is 12.7. The van der Waals surface area contributed by atoms with Crippen molar-refractivity contribution >= 4 is 21.6 Å². The molecule has 0 aliphatic carbocycles. The van der Waals surface area contributed by atoms with Gasteiger partial charge in [-0.3, -0.25) is 10.1 Å². The van der Waals surface area contributed by atoms with Crippen LogP contribution in [0.3, 0.4) is 0 Å². The van der Waals surface area contributed by atoms with Crippen molar-refractivity contribution in [3.63, 3.8) is 0 Å². The van der Waals surface area contributed by atoms with Gasteiger partial charge >= 0.3 is 5.69 Å². The van der Waals surface area contributed by atoms with Crippen molar-refractivity contribution < 1.29 is 9.66 Å². The maximum Gasteiger partial charge on any atom is 0.310 e. The molecule has 17 heavy (non-hydrogen) atoms. The van der Waals surface area contributed by atoms with Gasteiger partial charge in [-0.15, -0.1) is 0 Å². The van der Waals surface area contributed by atoms with Crippen molar-refractivity contribution in [1.29, 1.82) is 0 Å². The predicted molar refractivity (Wildman–Crippen MR) is 70.8 cm³/mol. The molecule has 4 nitrogen and oxygen atoms in total. The number of para-hydroxylation sites is 2. The molecule has 0 spiro atoms. The molecule has 1 aromatic carbocycles. The lowest BCUT2D eigenvalue weighted by Gasteiger charge is -2.10. The van der Waals surface area contributed by atoms with Crippen molar-refractivity contribution in [2.24, 2.45) is 5.92 Å². The Bertz CT molecular complexity index is 371. The molecule has 0 amide bonds. The van der Waals surface area contributed by atoms with E-state index in [1.165, 1.54) is 6.07 Å². The van der Waals surface area contributed by atoms with E-state index in [0.717, 1.165) is 18.2 Å². The number of benzene rings is 1. The average Bonchev–Trinajstić information content (AvgIpc) is 2.30. The first kappa shape index (κ1) is 14.0. The number of ether oxygens (including phenoxy) is 1. The number of nitro benzene ring substituents is 1. The van der Waals surface area contributed by atoms with Gasteiger partial charge in [-0.25, -0.2) is 0 Å². The molecule has 0 aliphatic heterocycles. The van der Waals surface area contributed by atoms with Crippen molar-refractivity contribution in [1.82, 2.24) is 0 Å². The number of hydrogen-bond donors (Lipinski definition) is 0. The van der Waals surface area contributed by atoms with E-state index in [0.29, 0.717) is 18.3 Å². The van der Waals surface area contributed by atoms with Crippen LogP contribution in [0.2, 0.25) is 0 Å². The van der Waals surface area contributed by atoms with Crippen LogP contribution in [0.4, 0.5) is 5.69 Å². The van der Waals surface area contributed by atoms with Crippen molar-refractivity contribution in [3.8, 4) is 5.75 Å². The number of nitrogens with zero attached hydrogens (tertiary/aromatic N) is 1. The monoisotopic (exact) mass is 301 g/mol. The zero-order valence-electron chi connectivity index (χ0n) is 9.77. The molecule has 0 saturated heterocycles. The van der Waals surface area contributed by atoms with Gasteiger partial charge in [0.1, 0.15) is 0 Å². The van der Waals surface area contributed by atoms with Crippen LogP contribution >= 0.6 is 15.9 Å². The minimum atomic E-state index is -0.419. The Kier molecular flexibility index (Phi) is 5.97. The summed E-state index contributed by atoms with van der Waals surface area (Å²) in [4.78, 5) is 10.3. The molecular weight excluding hydrogens is 286 g/mol. The van der Waals surface area contributed by atoms with Crippen LogP contribution < -0.4 is 4.74 Å². The first-order chi connectivity index (χ1) is 8.15. The van der Waals surface area contributed by atoms with E-state index in [1.54, 1.807) is 18.2 Å². The average molecular weight is 302 g/mol. The molecule has 1 aromatic rings. The third kappa shape index (κ3) is 4.73. The Hall–Kier alpha value is -1.10. The van der Waals surface area contributed by atoms with E-state index in [9.17, 15) is 10.1 Å². The van der Waals surface area contributed by atoms with Gasteiger partial charge in [0, 0.05) is 11.4 Å². The van der Waals surface area contributed by atoms with E-state index in [4.69, 9.17) is 4.74 Å². The molecule has 0 saturated carbocycles. The lowest BCUT2D eigenvalue weighted by Crippen LogP contribution is -2.05. The van der Waals surface area contributed by atoms with Crippen LogP contribution in [0.25, 0.3) is 0 Å². The minimum Gasteiger partial charge on any atom is -0.487 e. The summed E-state index contributed by atoms with van der Waals surface area (Å²) in [5.74, 6) is 0.903. The van der Waals surface area contributed by atoms with Gasteiger partial charge in [-0.05, 0) is 24.8 Å². The summed E-state index contributed by atoms with van der Waals surface area (Å²) in [6.45, 7) is 2.66. The van der Waals surface area contributed by atoms with Gasteiger partial charge in [-0.2, -0.15) is 0 Å². The molecule has 0 N–H and O–H groups in total. The molecule has 5 heteroatoms. The lowest BCUT2D eigenvalue weighted by atomic mass is 10.1. The molecule has 94 valence electrons. The number of rotatable bonds is 7. The standard InChI is InChI=1S/C12H16BrNO3/c1-10(6-8-13)7-9-17-12-5-3-2-4-11(12)14(15)16/h2-5,10H,6-9H2,1H3. The summed E-state index contributed by atoms with van der Waals surface area (Å²) in [6, 6.07) is 6.47. The van der Waals surface area contributed by atoms with E-state index < -0.39 is 4.92 Å². The molecule has 1 rings (SSSR count). The Morgan fingerprint density at radius 3 is 2.76 bits per heavy atom. The van der Waals surface area contributed by atoms with Crippen LogP contribution in [0.15, 0.2) is 24.3 Å². The van der Waals surface area contributed by atoms with Gasteiger partial charge in [0.2, 0.25) is 0 Å². The highest BCUT2D eigenvalue weighted by molar-refractivity contribution is 9.09. The normalized spacial score (nSPS) is 12.1. The van der Waals surface area contributed by atoms with Gasteiger partial charge in [0.15, 0.2) is 5.75 Å². The van der Waals surface area contributed by atoms with Gasteiger partial charge in [-0.1, -0.05) is 35.0 Å². The molecule has 0 bridgehead atoms. The number of halogens is 1. The first-order valence-corrected chi connectivity index (χ1v) is 6.69. The maximum absolute atomic E-state index is 10.7. The fourth-order valence-electron chi connectivity index (χ4n) is 1.43. The maximum atomic E-state index is 10.7. The van der Waals surface area contributed by atoms with E-state index in [-0.39, 0.29) is 5.69 Å². The second-order valence-corrected chi connectivity index (χ2v) is 4.74. The predicted octanol–water partition coefficient (Wildman–Crippen LogP) is 3.78. The summed E-state index contributed by atoms with van der Waals surface area (Å²) >= 11 is 3.39. The van der Waals surface area contributed by atoms with Crippen LogP contribution in [-0.4, -0.2) is 16.9 Å².